The van der Waals surface area contributed by atoms with Gasteiger partial charge in [0.25, 0.3) is 0 Å². The van der Waals surface area contributed by atoms with Crippen molar-refractivity contribution in [3.63, 3.8) is 0 Å². The van der Waals surface area contributed by atoms with E-state index in [0.29, 0.717) is 12.8 Å². The molecule has 0 aromatic carbocycles. The number of aliphatic hydroxyl groups excluding tert-OH is 5. The maximum Gasteiger partial charge on any atom is 0.306 e. The summed E-state index contributed by atoms with van der Waals surface area (Å²) in [6, 6.07) is -1.05. The fourth-order valence-electron chi connectivity index (χ4n) is 9.07. The molecule has 0 aromatic heterocycles. The largest absolute Gasteiger partial charge is 0.454 e. The first-order valence-corrected chi connectivity index (χ1v) is 31.8. The van der Waals surface area contributed by atoms with Gasteiger partial charge in [0.1, 0.15) is 24.4 Å². The Labute approximate surface area is 487 Å². The number of esters is 1. The van der Waals surface area contributed by atoms with Gasteiger partial charge >= 0.3 is 5.97 Å². The number of nitrogens with one attached hydrogen (secondary N) is 1. The number of amides is 1. The van der Waals surface area contributed by atoms with Crippen molar-refractivity contribution in [1.82, 2.24) is 5.32 Å². The minimum absolute atomic E-state index is 0.0600. The zero-order valence-corrected chi connectivity index (χ0v) is 50.4. The monoisotopic (exact) mass is 1120 g/mol. The summed E-state index contributed by atoms with van der Waals surface area (Å²) in [5.41, 5.74) is 0. The van der Waals surface area contributed by atoms with E-state index in [1.54, 1.807) is 6.08 Å². The van der Waals surface area contributed by atoms with Crippen LogP contribution in [-0.4, -0.2) is 99.6 Å². The summed E-state index contributed by atoms with van der Waals surface area (Å²) in [6.45, 7) is 5.61. The SMILES string of the molecule is CC/C=C\C/C=C\C/C=C\C/C=C\C/C=C\C/C=C\CCCCC(=O)OC1C(OCC(NC(=O)C(O)CCCCCCC/C=C\C/C=C\C/C=C\CCCCC)C(O)/C=C/CCCCCCCCCCCC)OC(CO)C(O)C1O. The van der Waals surface area contributed by atoms with E-state index >= 15 is 0 Å². The van der Waals surface area contributed by atoms with Crippen LogP contribution in [0.3, 0.4) is 0 Å². The van der Waals surface area contributed by atoms with Crippen LogP contribution in [0.2, 0.25) is 0 Å². The fraction of sp³-hybridized carbons (Fsp3) is 0.681. The highest BCUT2D eigenvalue weighted by Gasteiger charge is 2.47. The van der Waals surface area contributed by atoms with Gasteiger partial charge in [-0.15, -0.1) is 0 Å². The van der Waals surface area contributed by atoms with E-state index in [1.165, 1.54) is 70.6 Å². The summed E-state index contributed by atoms with van der Waals surface area (Å²) in [5.74, 6) is -1.26. The molecule has 0 saturated carbocycles. The summed E-state index contributed by atoms with van der Waals surface area (Å²) < 4.78 is 17.6. The normalized spacial score (nSPS) is 19.6. The molecule has 8 atom stereocenters. The molecule has 1 rings (SSSR count). The number of ether oxygens (including phenoxy) is 3. The molecule has 0 aromatic rings. The number of rotatable bonds is 52. The second-order valence-corrected chi connectivity index (χ2v) is 21.4. The molecule has 1 amide bonds. The van der Waals surface area contributed by atoms with Crippen LogP contribution in [0, 0.1) is 0 Å². The third kappa shape index (κ3) is 42.8. The Morgan fingerprint density at radius 3 is 1.38 bits per heavy atom. The molecule has 0 radical (unpaired) electrons. The number of allylic oxidation sites excluding steroid dienone is 19. The van der Waals surface area contributed by atoms with Crippen LogP contribution in [-0.2, 0) is 23.8 Å². The molecule has 1 heterocycles. The predicted molar refractivity (Wildman–Crippen MR) is 333 cm³/mol. The standard InChI is InChI=1S/C69H115NO10/c1-4-7-10-13-16-19-22-25-27-29-31-32-33-35-37-39-42-45-48-51-54-57-64(74)80-67-66(76)65(75)63(58-71)79-69(67)78-59-60(61(72)55-52-49-46-43-40-24-21-18-15-12-9-6-3)70-68(77)62(73)56-53-50-47-44-41-38-36-34-30-28-26-23-20-17-14-11-8-5-2/h7,10,16-17,19-20,25-28,31-32,34-37,42,45,52,55,60-63,65-67,69,71-73,75-76H,4-6,8-9,11-15,18,21-24,29-30,33,38-41,43-44,46-51,53-54,56-59H2,1-3H3,(H,70,77)/b10-7-,19-16-,20-17-,27-25-,28-26-,32-31-,36-34-,37-35-,45-42-,55-52+. The third-order valence-electron chi connectivity index (χ3n) is 14.1. The Morgan fingerprint density at radius 2 is 0.900 bits per heavy atom. The van der Waals surface area contributed by atoms with Gasteiger partial charge in [0.05, 0.1) is 25.4 Å². The van der Waals surface area contributed by atoms with Crippen LogP contribution in [0.15, 0.2) is 122 Å². The minimum atomic E-state index is -1.64. The highest BCUT2D eigenvalue weighted by molar-refractivity contribution is 5.80. The molecule has 11 heteroatoms. The Bertz CT molecular complexity index is 1760. The highest BCUT2D eigenvalue weighted by Crippen LogP contribution is 2.26. The highest BCUT2D eigenvalue weighted by atomic mass is 16.7. The van der Waals surface area contributed by atoms with Gasteiger partial charge in [0, 0.05) is 6.42 Å². The lowest BCUT2D eigenvalue weighted by molar-refractivity contribution is -0.305. The Hall–Kier alpha value is -3.94. The lowest BCUT2D eigenvalue weighted by Gasteiger charge is -2.41. The lowest BCUT2D eigenvalue weighted by Crippen LogP contribution is -2.61. The number of carbonyl (C=O) groups is 2. The van der Waals surface area contributed by atoms with Crippen molar-refractivity contribution in [3.05, 3.63) is 122 Å². The molecule has 1 aliphatic rings. The van der Waals surface area contributed by atoms with Crippen LogP contribution in [0.25, 0.3) is 0 Å². The van der Waals surface area contributed by atoms with Crippen molar-refractivity contribution in [3.8, 4) is 0 Å². The van der Waals surface area contributed by atoms with E-state index in [-0.39, 0.29) is 19.4 Å². The quantitative estimate of drug-likeness (QED) is 0.0195. The average molecular weight is 1120 g/mol. The van der Waals surface area contributed by atoms with E-state index in [4.69, 9.17) is 14.2 Å². The van der Waals surface area contributed by atoms with Gasteiger partial charge in [-0.2, -0.15) is 0 Å². The average Bonchev–Trinajstić information content (AvgIpc) is 3.45. The summed E-state index contributed by atoms with van der Waals surface area (Å²) in [4.78, 5) is 26.6. The van der Waals surface area contributed by atoms with Gasteiger partial charge in [-0.05, 0) is 116 Å². The predicted octanol–water partition coefficient (Wildman–Crippen LogP) is 15.4. The molecular weight excluding hydrogens is 1000 g/mol. The maximum atomic E-state index is 13.4. The molecule has 1 saturated heterocycles. The second kappa shape index (κ2) is 55.6. The molecule has 1 fully saturated rings. The molecule has 11 nitrogen and oxygen atoms in total. The summed E-state index contributed by atoms with van der Waals surface area (Å²) in [5, 5.41) is 57.0. The first-order chi connectivity index (χ1) is 39.2. The number of aliphatic hydroxyl groups is 5. The van der Waals surface area contributed by atoms with Gasteiger partial charge < -0.3 is 45.1 Å². The fourth-order valence-corrected chi connectivity index (χ4v) is 9.07. The van der Waals surface area contributed by atoms with Crippen molar-refractivity contribution in [2.45, 2.75) is 288 Å². The van der Waals surface area contributed by atoms with Crippen molar-refractivity contribution >= 4 is 11.9 Å². The van der Waals surface area contributed by atoms with Gasteiger partial charge in [-0.25, -0.2) is 0 Å². The van der Waals surface area contributed by atoms with Gasteiger partial charge in [0.15, 0.2) is 12.4 Å². The summed E-state index contributed by atoms with van der Waals surface area (Å²) >= 11 is 0. The Morgan fingerprint density at radius 1 is 0.500 bits per heavy atom. The van der Waals surface area contributed by atoms with E-state index < -0.39 is 67.4 Å². The lowest BCUT2D eigenvalue weighted by atomic mass is 9.99. The van der Waals surface area contributed by atoms with Crippen molar-refractivity contribution < 1.29 is 49.3 Å². The van der Waals surface area contributed by atoms with Gasteiger partial charge in [0.2, 0.25) is 5.91 Å². The minimum Gasteiger partial charge on any atom is -0.454 e. The molecule has 0 bridgehead atoms. The number of carbonyl (C=O) groups excluding carboxylic acids is 2. The number of hydrogen-bond acceptors (Lipinski definition) is 10. The number of unbranched alkanes of at least 4 members (excludes halogenated alkanes) is 20. The Balaban J connectivity index is 2.72. The van der Waals surface area contributed by atoms with Crippen molar-refractivity contribution in [1.29, 1.82) is 0 Å². The van der Waals surface area contributed by atoms with E-state index in [2.05, 4.69) is 135 Å². The second-order valence-electron chi connectivity index (χ2n) is 21.4. The van der Waals surface area contributed by atoms with Crippen LogP contribution in [0.4, 0.5) is 0 Å². The Kier molecular flexibility index (Phi) is 51.5. The van der Waals surface area contributed by atoms with E-state index in [9.17, 15) is 35.1 Å². The van der Waals surface area contributed by atoms with Gasteiger partial charge in [-0.3, -0.25) is 9.59 Å². The number of hydrogen-bond donors (Lipinski definition) is 6. The zero-order valence-electron chi connectivity index (χ0n) is 50.4. The molecular formula is C69H115NO10. The summed E-state index contributed by atoms with van der Waals surface area (Å²) in [6.07, 6.45) is 66.6. The maximum absolute atomic E-state index is 13.4. The molecule has 1 aliphatic heterocycles. The van der Waals surface area contributed by atoms with Gasteiger partial charge in [-0.1, -0.05) is 239 Å². The smallest absolute Gasteiger partial charge is 0.306 e. The van der Waals surface area contributed by atoms with E-state index in [1.807, 2.05) is 6.08 Å². The zero-order chi connectivity index (χ0) is 58.2. The summed E-state index contributed by atoms with van der Waals surface area (Å²) in [7, 11) is 0. The third-order valence-corrected chi connectivity index (χ3v) is 14.1. The van der Waals surface area contributed by atoms with Crippen LogP contribution in [0.1, 0.15) is 239 Å². The molecule has 6 N–H and O–H groups in total. The first kappa shape index (κ1) is 74.1. The van der Waals surface area contributed by atoms with E-state index in [0.717, 1.165) is 122 Å². The first-order valence-electron chi connectivity index (χ1n) is 31.8. The molecule has 0 aliphatic carbocycles. The molecule has 8 unspecified atom stereocenters. The topological polar surface area (TPSA) is 175 Å². The van der Waals surface area contributed by atoms with Crippen molar-refractivity contribution in [2.24, 2.45) is 0 Å². The van der Waals surface area contributed by atoms with Crippen molar-refractivity contribution in [2.75, 3.05) is 13.2 Å². The molecule has 80 heavy (non-hydrogen) atoms. The van der Waals surface area contributed by atoms with Crippen LogP contribution >= 0.6 is 0 Å². The molecule has 456 valence electrons. The van der Waals surface area contributed by atoms with Crippen LogP contribution in [0.5, 0.6) is 0 Å². The molecule has 0 spiro atoms. The van der Waals surface area contributed by atoms with Crippen LogP contribution < -0.4 is 5.32 Å².